The molecule has 1 aliphatic heterocycles. The molecule has 1 fully saturated rings. The van der Waals surface area contributed by atoms with Crippen molar-refractivity contribution in [3.8, 4) is 0 Å². The van der Waals surface area contributed by atoms with E-state index in [1.165, 1.54) is 0 Å². The van der Waals surface area contributed by atoms with Gasteiger partial charge in [0.15, 0.2) is 0 Å². The predicted molar refractivity (Wildman–Crippen MR) is 78.8 cm³/mol. The quantitative estimate of drug-likeness (QED) is 0.844. The van der Waals surface area contributed by atoms with E-state index in [-0.39, 0.29) is 36.5 Å². The number of halogens is 1. The molecule has 0 saturated carbocycles. The molecular weight excluding hydrogens is 280 g/mol. The lowest BCUT2D eigenvalue weighted by Crippen LogP contribution is -2.45. The molecule has 1 amide bonds. The van der Waals surface area contributed by atoms with Crippen LogP contribution in [-0.4, -0.2) is 41.5 Å². The molecule has 0 aliphatic carbocycles. The van der Waals surface area contributed by atoms with Crippen LogP contribution in [0.1, 0.15) is 31.4 Å². The van der Waals surface area contributed by atoms with Gasteiger partial charge in [-0.2, -0.15) is 5.10 Å². The summed E-state index contributed by atoms with van der Waals surface area (Å²) in [7, 11) is 3.61. The van der Waals surface area contributed by atoms with Gasteiger partial charge in [-0.05, 0) is 26.8 Å². The standard InChI is InChI=1S/C13H22N4O2.ClH/c1-9(11-5-4-6-19-11)16-13(18)12(14-2)10-7-15-17(3)8-10;/h7-9,11-12,14H,4-6H2,1-3H3,(H,16,18);1H. The van der Waals surface area contributed by atoms with Crippen LogP contribution in [0, 0.1) is 0 Å². The maximum Gasteiger partial charge on any atom is 0.242 e. The molecule has 2 N–H and O–H groups in total. The second kappa shape index (κ2) is 7.61. The third-order valence-corrected chi connectivity index (χ3v) is 3.50. The SMILES string of the molecule is CNC(C(=O)NC(C)C1CCCO1)c1cnn(C)c1.Cl. The van der Waals surface area contributed by atoms with Crippen molar-refractivity contribution >= 4 is 18.3 Å². The molecule has 3 atom stereocenters. The summed E-state index contributed by atoms with van der Waals surface area (Å²) in [6.07, 6.45) is 5.77. The fraction of sp³-hybridized carbons (Fsp3) is 0.692. The number of rotatable bonds is 5. The zero-order valence-corrected chi connectivity index (χ0v) is 12.9. The Hall–Kier alpha value is -1.11. The van der Waals surface area contributed by atoms with Crippen molar-refractivity contribution < 1.29 is 9.53 Å². The molecule has 3 unspecified atom stereocenters. The fourth-order valence-electron chi connectivity index (χ4n) is 2.44. The summed E-state index contributed by atoms with van der Waals surface area (Å²) in [6, 6.07) is -0.347. The lowest BCUT2D eigenvalue weighted by molar-refractivity contribution is -0.124. The maximum atomic E-state index is 12.3. The molecule has 20 heavy (non-hydrogen) atoms. The summed E-state index contributed by atoms with van der Waals surface area (Å²) >= 11 is 0. The van der Waals surface area contributed by atoms with Gasteiger partial charge in [0.1, 0.15) is 6.04 Å². The van der Waals surface area contributed by atoms with E-state index in [0.717, 1.165) is 25.0 Å². The Morgan fingerprint density at radius 2 is 2.35 bits per heavy atom. The molecular formula is C13H23ClN4O2. The highest BCUT2D eigenvalue weighted by molar-refractivity contribution is 5.85. The lowest BCUT2D eigenvalue weighted by atomic mass is 10.1. The second-order valence-electron chi connectivity index (χ2n) is 5.02. The Kier molecular flexibility index (Phi) is 6.45. The van der Waals surface area contributed by atoms with E-state index in [2.05, 4.69) is 15.7 Å². The van der Waals surface area contributed by atoms with Crippen LogP contribution in [0.3, 0.4) is 0 Å². The maximum absolute atomic E-state index is 12.3. The molecule has 0 spiro atoms. The predicted octanol–water partition coefficient (Wildman–Crippen LogP) is 0.786. The molecule has 2 heterocycles. The van der Waals surface area contributed by atoms with E-state index in [0.29, 0.717) is 0 Å². The van der Waals surface area contributed by atoms with E-state index >= 15 is 0 Å². The van der Waals surface area contributed by atoms with Crippen molar-refractivity contribution in [1.82, 2.24) is 20.4 Å². The number of amides is 1. The minimum Gasteiger partial charge on any atom is -0.376 e. The molecule has 0 bridgehead atoms. The van der Waals surface area contributed by atoms with Crippen molar-refractivity contribution in [3.05, 3.63) is 18.0 Å². The Morgan fingerprint density at radius 1 is 1.60 bits per heavy atom. The Labute approximate surface area is 125 Å². The Bertz CT molecular complexity index is 432. The van der Waals surface area contributed by atoms with E-state index in [1.807, 2.05) is 20.2 Å². The van der Waals surface area contributed by atoms with Crippen molar-refractivity contribution in [2.75, 3.05) is 13.7 Å². The number of nitrogens with zero attached hydrogens (tertiary/aromatic N) is 2. The minimum atomic E-state index is -0.377. The van der Waals surface area contributed by atoms with Gasteiger partial charge in [-0.15, -0.1) is 12.4 Å². The smallest absolute Gasteiger partial charge is 0.242 e. The van der Waals surface area contributed by atoms with Gasteiger partial charge >= 0.3 is 0 Å². The highest BCUT2D eigenvalue weighted by Crippen LogP contribution is 2.17. The van der Waals surface area contributed by atoms with E-state index < -0.39 is 0 Å². The third kappa shape index (κ3) is 3.94. The van der Waals surface area contributed by atoms with Gasteiger partial charge in [0.2, 0.25) is 5.91 Å². The van der Waals surface area contributed by atoms with Crippen molar-refractivity contribution in [3.63, 3.8) is 0 Å². The lowest BCUT2D eigenvalue weighted by Gasteiger charge is -2.23. The first-order valence-electron chi connectivity index (χ1n) is 6.69. The highest BCUT2D eigenvalue weighted by Gasteiger charge is 2.27. The number of aromatic nitrogens is 2. The largest absolute Gasteiger partial charge is 0.376 e. The number of hydrogen-bond acceptors (Lipinski definition) is 4. The summed E-state index contributed by atoms with van der Waals surface area (Å²) in [6.45, 7) is 2.78. The number of nitrogens with one attached hydrogen (secondary N) is 2. The Morgan fingerprint density at radius 3 is 2.85 bits per heavy atom. The van der Waals surface area contributed by atoms with Crippen molar-refractivity contribution in [2.45, 2.75) is 38.0 Å². The van der Waals surface area contributed by atoms with Crippen molar-refractivity contribution in [1.29, 1.82) is 0 Å². The third-order valence-electron chi connectivity index (χ3n) is 3.50. The zero-order chi connectivity index (χ0) is 13.8. The van der Waals surface area contributed by atoms with Gasteiger partial charge in [0, 0.05) is 25.4 Å². The number of likely N-dealkylation sites (N-methyl/N-ethyl adjacent to an activating group) is 1. The van der Waals surface area contributed by atoms with Crippen LogP contribution >= 0.6 is 12.4 Å². The van der Waals surface area contributed by atoms with Crippen molar-refractivity contribution in [2.24, 2.45) is 7.05 Å². The first-order valence-corrected chi connectivity index (χ1v) is 6.69. The summed E-state index contributed by atoms with van der Waals surface area (Å²) in [5.74, 6) is -0.0431. The number of ether oxygens (including phenoxy) is 1. The number of hydrogen-bond donors (Lipinski definition) is 2. The summed E-state index contributed by atoms with van der Waals surface area (Å²) in [4.78, 5) is 12.3. The topological polar surface area (TPSA) is 68.2 Å². The van der Waals surface area contributed by atoms with Gasteiger partial charge in [-0.25, -0.2) is 0 Å². The van der Waals surface area contributed by atoms with Crippen LogP contribution in [0.4, 0.5) is 0 Å². The monoisotopic (exact) mass is 302 g/mol. The molecule has 2 rings (SSSR count). The molecule has 0 aromatic carbocycles. The van der Waals surface area contributed by atoms with E-state index in [1.54, 1.807) is 17.9 Å². The molecule has 6 nitrogen and oxygen atoms in total. The average molecular weight is 303 g/mol. The average Bonchev–Trinajstić information content (AvgIpc) is 3.01. The zero-order valence-electron chi connectivity index (χ0n) is 12.1. The summed E-state index contributed by atoms with van der Waals surface area (Å²) < 4.78 is 7.28. The number of carbonyl (C=O) groups excluding carboxylic acids is 1. The van der Waals surface area contributed by atoms with Crippen LogP contribution in [-0.2, 0) is 16.6 Å². The number of aryl methyl sites for hydroxylation is 1. The van der Waals surface area contributed by atoms with Gasteiger partial charge < -0.3 is 15.4 Å². The number of carbonyl (C=O) groups is 1. The molecule has 0 radical (unpaired) electrons. The highest BCUT2D eigenvalue weighted by atomic mass is 35.5. The first-order chi connectivity index (χ1) is 9.11. The van der Waals surface area contributed by atoms with Gasteiger partial charge in [0.05, 0.1) is 18.3 Å². The molecule has 7 heteroatoms. The van der Waals surface area contributed by atoms with Gasteiger partial charge in [-0.1, -0.05) is 0 Å². The van der Waals surface area contributed by atoms with E-state index in [4.69, 9.17) is 4.74 Å². The van der Waals surface area contributed by atoms with Crippen LogP contribution in [0.5, 0.6) is 0 Å². The van der Waals surface area contributed by atoms with E-state index in [9.17, 15) is 4.79 Å². The first kappa shape index (κ1) is 16.9. The summed E-state index contributed by atoms with van der Waals surface area (Å²) in [5.41, 5.74) is 0.863. The molecule has 1 saturated heterocycles. The second-order valence-corrected chi connectivity index (χ2v) is 5.02. The van der Waals surface area contributed by atoms with Gasteiger partial charge in [-0.3, -0.25) is 9.48 Å². The van der Waals surface area contributed by atoms with Crippen LogP contribution < -0.4 is 10.6 Å². The fourth-order valence-corrected chi connectivity index (χ4v) is 2.44. The minimum absolute atomic E-state index is 0. The Balaban J connectivity index is 0.00000200. The molecule has 1 aliphatic rings. The molecule has 114 valence electrons. The normalized spacial score (nSPS) is 21.1. The van der Waals surface area contributed by atoms with Crippen LogP contribution in [0.15, 0.2) is 12.4 Å². The molecule has 1 aromatic rings. The summed E-state index contributed by atoms with van der Waals surface area (Å²) in [5, 5.41) is 10.1. The molecule has 1 aromatic heterocycles. The van der Waals surface area contributed by atoms with Crippen LogP contribution in [0.25, 0.3) is 0 Å². The van der Waals surface area contributed by atoms with Gasteiger partial charge in [0.25, 0.3) is 0 Å². The van der Waals surface area contributed by atoms with Crippen LogP contribution in [0.2, 0.25) is 0 Å².